The third-order valence-corrected chi connectivity index (χ3v) is 4.98. The maximum absolute atomic E-state index is 12.9. The molecular formula is C17H17NO4S. The maximum atomic E-state index is 12.9. The van der Waals surface area contributed by atoms with Crippen molar-refractivity contribution in [3.05, 3.63) is 57.3 Å². The number of thiophene rings is 1. The highest BCUT2D eigenvalue weighted by Crippen LogP contribution is 2.28. The normalized spacial score (nSPS) is 16.9. The van der Waals surface area contributed by atoms with Gasteiger partial charge in [0.25, 0.3) is 5.91 Å². The van der Waals surface area contributed by atoms with E-state index in [0.717, 1.165) is 16.7 Å². The van der Waals surface area contributed by atoms with Gasteiger partial charge in [-0.1, -0.05) is 24.3 Å². The highest BCUT2D eigenvalue weighted by atomic mass is 32.1. The minimum absolute atomic E-state index is 0.242. The Balaban J connectivity index is 1.94. The molecule has 1 N–H and O–H groups in total. The summed E-state index contributed by atoms with van der Waals surface area (Å²) in [4.78, 5) is 26.5. The van der Waals surface area contributed by atoms with Crippen LogP contribution in [-0.2, 0) is 29.1 Å². The van der Waals surface area contributed by atoms with E-state index < -0.39 is 12.0 Å². The molecule has 2 heterocycles. The summed E-state index contributed by atoms with van der Waals surface area (Å²) in [5.41, 5.74) is 2.79. The van der Waals surface area contributed by atoms with Crippen molar-refractivity contribution in [2.75, 3.05) is 7.11 Å². The van der Waals surface area contributed by atoms with Crippen LogP contribution < -0.4 is 0 Å². The van der Waals surface area contributed by atoms with Crippen molar-refractivity contribution in [3.63, 3.8) is 0 Å². The number of carbonyl (C=O) groups excluding carboxylic acids is 1. The van der Waals surface area contributed by atoms with E-state index in [0.29, 0.717) is 24.4 Å². The van der Waals surface area contributed by atoms with Gasteiger partial charge in [0, 0.05) is 25.6 Å². The van der Waals surface area contributed by atoms with Crippen molar-refractivity contribution < 1.29 is 19.4 Å². The first-order valence-electron chi connectivity index (χ1n) is 7.27. The molecule has 1 unspecified atom stereocenters. The summed E-state index contributed by atoms with van der Waals surface area (Å²) in [5.74, 6) is -1.22. The number of benzene rings is 1. The maximum Gasteiger partial charge on any atom is 0.326 e. The first kappa shape index (κ1) is 15.7. The summed E-state index contributed by atoms with van der Waals surface area (Å²) in [6, 6.07) is 8.67. The van der Waals surface area contributed by atoms with E-state index >= 15 is 0 Å². The van der Waals surface area contributed by atoms with Crippen LogP contribution in [0.15, 0.2) is 35.7 Å². The molecule has 0 spiro atoms. The zero-order chi connectivity index (χ0) is 16.4. The molecule has 0 saturated heterocycles. The van der Waals surface area contributed by atoms with Crippen LogP contribution in [0.5, 0.6) is 0 Å². The molecule has 0 aliphatic carbocycles. The minimum atomic E-state index is -0.974. The highest BCUT2D eigenvalue weighted by molar-refractivity contribution is 7.12. The molecule has 0 saturated carbocycles. The molecule has 5 nitrogen and oxygen atoms in total. The van der Waals surface area contributed by atoms with Gasteiger partial charge in [-0.2, -0.15) is 0 Å². The van der Waals surface area contributed by atoms with Gasteiger partial charge in [0.05, 0.1) is 11.5 Å². The molecule has 23 heavy (non-hydrogen) atoms. The zero-order valence-corrected chi connectivity index (χ0v) is 13.5. The van der Waals surface area contributed by atoms with Gasteiger partial charge in [-0.15, -0.1) is 11.3 Å². The first-order chi connectivity index (χ1) is 11.1. The second kappa shape index (κ2) is 6.52. The number of ether oxygens (including phenoxy) is 1. The van der Waals surface area contributed by atoms with Crippen molar-refractivity contribution in [1.82, 2.24) is 4.90 Å². The second-order valence-corrected chi connectivity index (χ2v) is 6.38. The standard InChI is InChI=1S/C17H17NO4S/c1-22-10-13-6-7-23-15(13)16(19)18-9-12-5-3-2-4-11(12)8-14(18)17(20)21/h2-7,14H,8-10H2,1H3,(H,20,21). The number of nitrogens with zero attached hydrogens (tertiary/aromatic N) is 1. The Kier molecular flexibility index (Phi) is 4.45. The Morgan fingerprint density at radius 2 is 2.04 bits per heavy atom. The van der Waals surface area contributed by atoms with Crippen LogP contribution >= 0.6 is 11.3 Å². The third-order valence-electron chi connectivity index (χ3n) is 4.04. The number of aliphatic carboxylic acids is 1. The molecular weight excluding hydrogens is 314 g/mol. The van der Waals surface area contributed by atoms with Gasteiger partial charge >= 0.3 is 5.97 Å². The van der Waals surface area contributed by atoms with Gasteiger partial charge in [0.15, 0.2) is 0 Å². The minimum Gasteiger partial charge on any atom is -0.480 e. The van der Waals surface area contributed by atoms with E-state index in [-0.39, 0.29) is 5.91 Å². The Hall–Kier alpha value is -2.18. The van der Waals surface area contributed by atoms with Gasteiger partial charge in [0.2, 0.25) is 0 Å². The molecule has 0 bridgehead atoms. The molecule has 0 radical (unpaired) electrons. The Labute approximate surface area is 138 Å². The van der Waals surface area contributed by atoms with E-state index in [1.54, 1.807) is 7.11 Å². The molecule has 120 valence electrons. The lowest BCUT2D eigenvalue weighted by atomic mass is 9.93. The summed E-state index contributed by atoms with van der Waals surface area (Å²) in [7, 11) is 1.57. The highest BCUT2D eigenvalue weighted by Gasteiger charge is 2.35. The van der Waals surface area contributed by atoms with Crippen LogP contribution in [0.3, 0.4) is 0 Å². The van der Waals surface area contributed by atoms with E-state index in [4.69, 9.17) is 4.74 Å². The van der Waals surface area contributed by atoms with E-state index in [9.17, 15) is 14.7 Å². The number of carboxylic acid groups (broad SMARTS) is 1. The molecule has 6 heteroatoms. The van der Waals surface area contributed by atoms with Gasteiger partial charge in [-0.3, -0.25) is 4.79 Å². The molecule has 1 aromatic heterocycles. The number of carboxylic acids is 1. The molecule has 2 aromatic rings. The average molecular weight is 331 g/mol. The average Bonchev–Trinajstić information content (AvgIpc) is 3.01. The largest absolute Gasteiger partial charge is 0.480 e. The lowest BCUT2D eigenvalue weighted by molar-refractivity contribution is -0.142. The molecule has 1 amide bonds. The van der Waals surface area contributed by atoms with Crippen molar-refractivity contribution in [1.29, 1.82) is 0 Å². The number of amides is 1. The SMILES string of the molecule is COCc1ccsc1C(=O)N1Cc2ccccc2CC1C(=O)O. The zero-order valence-electron chi connectivity index (χ0n) is 12.7. The fourth-order valence-corrected chi connectivity index (χ4v) is 3.74. The van der Waals surface area contributed by atoms with E-state index in [2.05, 4.69) is 0 Å². The number of fused-ring (bicyclic) bond motifs is 1. The van der Waals surface area contributed by atoms with E-state index in [1.165, 1.54) is 16.2 Å². The third kappa shape index (κ3) is 3.00. The Bertz CT molecular complexity index is 740. The predicted octanol–water partition coefficient (Wildman–Crippen LogP) is 2.55. The number of methoxy groups -OCH3 is 1. The van der Waals surface area contributed by atoms with Crippen LogP contribution in [0.4, 0.5) is 0 Å². The monoisotopic (exact) mass is 331 g/mol. The summed E-state index contributed by atoms with van der Waals surface area (Å²) in [5, 5.41) is 11.4. The second-order valence-electron chi connectivity index (χ2n) is 5.47. The first-order valence-corrected chi connectivity index (χ1v) is 8.15. The molecule has 1 aliphatic rings. The molecule has 1 aromatic carbocycles. The van der Waals surface area contributed by atoms with Crippen LogP contribution in [-0.4, -0.2) is 35.0 Å². The summed E-state index contributed by atoms with van der Waals surface area (Å²) in [6.07, 6.45) is 0.336. The Morgan fingerprint density at radius 1 is 1.30 bits per heavy atom. The van der Waals surface area contributed by atoms with Gasteiger partial charge in [-0.25, -0.2) is 4.79 Å². The summed E-state index contributed by atoms with van der Waals surface area (Å²) >= 11 is 1.32. The van der Waals surface area contributed by atoms with Crippen LogP contribution in [0.25, 0.3) is 0 Å². The van der Waals surface area contributed by atoms with Crippen LogP contribution in [0.1, 0.15) is 26.4 Å². The van der Waals surface area contributed by atoms with Crippen LogP contribution in [0.2, 0.25) is 0 Å². The van der Waals surface area contributed by atoms with E-state index in [1.807, 2.05) is 35.7 Å². The number of carbonyl (C=O) groups is 2. The molecule has 0 fully saturated rings. The smallest absolute Gasteiger partial charge is 0.326 e. The lowest BCUT2D eigenvalue weighted by Crippen LogP contribution is -2.48. The Morgan fingerprint density at radius 3 is 2.74 bits per heavy atom. The van der Waals surface area contributed by atoms with Crippen molar-refractivity contribution in [2.24, 2.45) is 0 Å². The molecule has 1 aliphatic heterocycles. The van der Waals surface area contributed by atoms with Crippen molar-refractivity contribution >= 4 is 23.2 Å². The van der Waals surface area contributed by atoms with Crippen molar-refractivity contribution in [3.8, 4) is 0 Å². The lowest BCUT2D eigenvalue weighted by Gasteiger charge is -2.34. The van der Waals surface area contributed by atoms with Crippen molar-refractivity contribution in [2.45, 2.75) is 25.6 Å². The fraction of sp³-hybridized carbons (Fsp3) is 0.294. The molecule has 3 rings (SSSR count). The van der Waals surface area contributed by atoms with Crippen LogP contribution in [0, 0.1) is 0 Å². The quantitative estimate of drug-likeness (QED) is 0.935. The summed E-state index contributed by atoms with van der Waals surface area (Å²) in [6.45, 7) is 0.656. The summed E-state index contributed by atoms with van der Waals surface area (Å²) < 4.78 is 5.11. The number of rotatable bonds is 4. The number of hydrogen-bond donors (Lipinski definition) is 1. The fourth-order valence-electron chi connectivity index (χ4n) is 2.88. The topological polar surface area (TPSA) is 66.8 Å². The van der Waals surface area contributed by atoms with Gasteiger partial charge in [0.1, 0.15) is 6.04 Å². The van der Waals surface area contributed by atoms with Gasteiger partial charge < -0.3 is 14.7 Å². The molecule has 1 atom stereocenters. The predicted molar refractivity (Wildman–Crippen MR) is 86.5 cm³/mol. The number of hydrogen-bond acceptors (Lipinski definition) is 4. The van der Waals surface area contributed by atoms with Gasteiger partial charge in [-0.05, 0) is 22.6 Å².